The van der Waals surface area contributed by atoms with Crippen LogP contribution >= 0.6 is 0 Å². The molecule has 0 amide bonds. The van der Waals surface area contributed by atoms with E-state index in [0.717, 1.165) is 13.3 Å². The summed E-state index contributed by atoms with van der Waals surface area (Å²) in [5.74, 6) is -3.00. The van der Waals surface area contributed by atoms with Crippen LogP contribution in [-0.2, 0) is 98.5 Å². The lowest BCUT2D eigenvalue weighted by atomic mass is 10.0. The number of hydrogen-bond donors (Lipinski definition) is 6. The zero-order valence-electron chi connectivity index (χ0n) is 25.0. The van der Waals surface area contributed by atoms with Gasteiger partial charge in [-0.2, -0.15) is 42.1 Å². The molecule has 0 aromatic heterocycles. The van der Waals surface area contributed by atoms with Crippen molar-refractivity contribution in [3.8, 4) is 0 Å². The first-order chi connectivity index (χ1) is 22.7. The molecule has 3 rings (SSSR count). The maximum atomic E-state index is 11.8. The first-order valence-corrected chi connectivity index (χ1v) is 19.9. The zero-order valence-corrected chi connectivity index (χ0v) is 29.1. The van der Waals surface area contributed by atoms with Crippen molar-refractivity contribution >= 4 is 52.0 Å². The second kappa shape index (κ2) is 16.2. The molecule has 25 nitrogen and oxygen atoms in total. The molecule has 0 unspecified atom stereocenters. The van der Waals surface area contributed by atoms with Crippen LogP contribution in [0.3, 0.4) is 0 Å². The Morgan fingerprint density at radius 1 is 0.780 bits per heavy atom. The zero-order chi connectivity index (χ0) is 37.9. The molecule has 50 heavy (non-hydrogen) atoms. The average molecular weight is 829 g/mol. The molecule has 1 aromatic carbocycles. The largest absolute Gasteiger partial charge is 0.397 e. The van der Waals surface area contributed by atoms with E-state index in [4.69, 9.17) is 23.5 Å². The lowest BCUT2D eigenvalue weighted by Crippen LogP contribution is -2.63. The van der Waals surface area contributed by atoms with Gasteiger partial charge in [-0.3, -0.25) is 28.1 Å². The minimum atomic E-state index is -5.68. The standard InChI is InChI=1S/C20H30NO24S5/c1-11(41-46(22,23)24)16-18(44-49(31,32)33)19(45-50(34,35)36)20(37-2,40-16)21-9-14-17(43-48(28,29)30)13(42-47(25,26)27)8-15(39-14)38-10-12-6-4-3-5-7-12/h3-8,11,13-19,21H,9-10H2,1-2H3,(H,22,23,24)(H,25,26,27)(H,28,29,30)(H,31,32,33)(H,34,35,36)/t11-,13-,14-,15+,16-,17+,18+,19-,20-/m1/s1. The van der Waals surface area contributed by atoms with Crippen LogP contribution in [0.5, 0.6) is 0 Å². The molecule has 2 aliphatic rings. The van der Waals surface area contributed by atoms with Gasteiger partial charge in [-0.15, -0.1) is 0 Å². The fourth-order valence-corrected chi connectivity index (χ4v) is 7.17. The van der Waals surface area contributed by atoms with Gasteiger partial charge in [-0.25, -0.2) is 20.9 Å². The van der Waals surface area contributed by atoms with E-state index >= 15 is 0 Å². The molecule has 2 fully saturated rings. The van der Waals surface area contributed by atoms with E-state index in [-0.39, 0.29) is 6.61 Å². The number of ether oxygens (including phenoxy) is 4. The van der Waals surface area contributed by atoms with Crippen LogP contribution in [0.1, 0.15) is 12.5 Å². The molecule has 6 N–H and O–H groups in total. The normalized spacial score (nSPS) is 30.7. The monoisotopic (exact) mass is 828 g/mol. The molecule has 0 spiro atoms. The molecule has 2 saturated heterocycles. The van der Waals surface area contributed by atoms with Gasteiger partial charge in [-0.05, 0) is 12.5 Å². The Morgan fingerprint density at radius 2 is 1.32 bits per heavy atom. The Labute approximate surface area is 285 Å². The minimum Gasteiger partial charge on any atom is -0.348 e. The quantitative estimate of drug-likeness (QED) is 0.0651. The van der Waals surface area contributed by atoms with Crippen molar-refractivity contribution in [3.63, 3.8) is 0 Å². The summed E-state index contributed by atoms with van der Waals surface area (Å²) in [5, 5.41) is 2.26. The fourth-order valence-electron chi connectivity index (χ4n) is 4.72. The maximum absolute atomic E-state index is 11.8. The van der Waals surface area contributed by atoms with Crippen LogP contribution in [0, 0.1) is 6.42 Å². The van der Waals surface area contributed by atoms with Gasteiger partial charge in [0.2, 0.25) is 0 Å². The van der Waals surface area contributed by atoms with Crippen molar-refractivity contribution in [3.05, 3.63) is 42.3 Å². The molecule has 9 atom stereocenters. The Kier molecular flexibility index (Phi) is 13.8. The van der Waals surface area contributed by atoms with Crippen molar-refractivity contribution in [2.45, 2.75) is 68.5 Å². The second-order valence-electron chi connectivity index (χ2n) is 10.0. The molecule has 2 heterocycles. The molecule has 0 saturated carbocycles. The van der Waals surface area contributed by atoms with Crippen molar-refractivity contribution in [2.24, 2.45) is 0 Å². The van der Waals surface area contributed by atoms with Gasteiger partial charge in [0.1, 0.15) is 36.6 Å². The summed E-state index contributed by atoms with van der Waals surface area (Å²) in [5.41, 5.74) is 0.530. The van der Waals surface area contributed by atoms with Gasteiger partial charge < -0.3 is 18.9 Å². The summed E-state index contributed by atoms with van der Waals surface area (Å²) < 4.78 is 207. The predicted molar refractivity (Wildman–Crippen MR) is 155 cm³/mol. The van der Waals surface area contributed by atoms with Crippen LogP contribution in [0.2, 0.25) is 0 Å². The summed E-state index contributed by atoms with van der Waals surface area (Å²) in [6, 6.07) is 8.12. The summed E-state index contributed by atoms with van der Waals surface area (Å²) >= 11 is 0. The van der Waals surface area contributed by atoms with Crippen molar-refractivity contribution in [1.82, 2.24) is 5.32 Å². The summed E-state index contributed by atoms with van der Waals surface area (Å²) in [4.78, 5) is 0. The van der Waals surface area contributed by atoms with Gasteiger partial charge in [-0.1, -0.05) is 30.3 Å². The van der Waals surface area contributed by atoms with Gasteiger partial charge >= 0.3 is 52.0 Å². The molecule has 1 radical (unpaired) electrons. The summed E-state index contributed by atoms with van der Waals surface area (Å²) in [7, 11) is -26.9. The van der Waals surface area contributed by atoms with Gasteiger partial charge in [0.15, 0.2) is 12.4 Å². The fraction of sp³-hybridized carbons (Fsp3) is 0.650. The van der Waals surface area contributed by atoms with Gasteiger partial charge in [0.05, 0.1) is 13.0 Å². The number of benzene rings is 1. The molecule has 0 bridgehead atoms. The summed E-state index contributed by atoms with van der Waals surface area (Å²) in [6.45, 7) is -0.498. The maximum Gasteiger partial charge on any atom is 0.397 e. The minimum absolute atomic E-state index is 0.248. The van der Waals surface area contributed by atoms with Crippen molar-refractivity contribution in [2.75, 3.05) is 13.7 Å². The first kappa shape index (κ1) is 42.8. The highest BCUT2D eigenvalue weighted by molar-refractivity contribution is 7.81. The van der Waals surface area contributed by atoms with Crippen LogP contribution < -0.4 is 5.32 Å². The van der Waals surface area contributed by atoms with Gasteiger partial charge in [0, 0.05) is 13.7 Å². The van der Waals surface area contributed by atoms with Crippen LogP contribution in [-0.4, -0.2) is 133 Å². The van der Waals surface area contributed by atoms with E-state index in [1.165, 1.54) is 0 Å². The van der Waals surface area contributed by atoms with E-state index in [1.54, 1.807) is 30.3 Å². The van der Waals surface area contributed by atoms with E-state index < -0.39 is 113 Å². The molecule has 2 aliphatic heterocycles. The SMILES string of the molecule is CO[C@@]1(NC[C@H]2O[C@H](OCc3ccccc3)[CH][C@@H](OS(=O)(=O)O)[C@@H]2OS(=O)(=O)O)O[C@H]([C@@H](C)OS(=O)(=O)O)[C@H](OS(=O)(=O)O)[C@H]1OS(=O)(=O)O. The first-order valence-electron chi connectivity index (χ1n) is 13.1. The Morgan fingerprint density at radius 3 is 1.82 bits per heavy atom. The molecular weight excluding hydrogens is 799 g/mol. The molecule has 1 aromatic rings. The Hall–Kier alpha value is -1.63. The number of nitrogens with one attached hydrogen (secondary N) is 1. The summed E-state index contributed by atoms with van der Waals surface area (Å²) in [6.07, 6.45) is -16.8. The topological polar surface area (TPSA) is 367 Å². The van der Waals surface area contributed by atoms with E-state index in [9.17, 15) is 60.3 Å². The predicted octanol–water partition coefficient (Wildman–Crippen LogP) is -2.62. The third-order valence-corrected chi connectivity index (χ3v) is 8.82. The lowest BCUT2D eigenvalue weighted by Gasteiger charge is -2.41. The highest BCUT2D eigenvalue weighted by Crippen LogP contribution is 2.39. The second-order valence-corrected chi connectivity index (χ2v) is 15.2. The third-order valence-electron chi connectivity index (χ3n) is 6.42. The molecular formula is C20H30NO24S5. The van der Waals surface area contributed by atoms with Crippen molar-refractivity contribution in [1.29, 1.82) is 0 Å². The number of rotatable bonds is 18. The molecule has 0 aliphatic carbocycles. The van der Waals surface area contributed by atoms with Crippen LogP contribution in [0.4, 0.5) is 0 Å². The average Bonchev–Trinajstić information content (AvgIpc) is 3.21. The highest BCUT2D eigenvalue weighted by Gasteiger charge is 2.63. The Balaban J connectivity index is 2.07. The third kappa shape index (κ3) is 13.4. The van der Waals surface area contributed by atoms with Gasteiger partial charge in [0.25, 0.3) is 5.91 Å². The lowest BCUT2D eigenvalue weighted by molar-refractivity contribution is -0.274. The molecule has 30 heteroatoms. The smallest absolute Gasteiger partial charge is 0.348 e. The van der Waals surface area contributed by atoms with Crippen LogP contribution in [0.15, 0.2) is 30.3 Å². The van der Waals surface area contributed by atoms with E-state index in [1.807, 2.05) is 0 Å². The van der Waals surface area contributed by atoms with E-state index in [0.29, 0.717) is 12.7 Å². The van der Waals surface area contributed by atoms with Crippen LogP contribution in [0.25, 0.3) is 0 Å². The molecule has 289 valence electrons. The Bertz CT molecular complexity index is 1860. The highest BCUT2D eigenvalue weighted by atomic mass is 32.3. The van der Waals surface area contributed by atoms with Crippen molar-refractivity contribution < 1.29 is 105 Å². The number of methoxy groups -OCH3 is 1. The van der Waals surface area contributed by atoms with E-state index in [2.05, 4.69) is 26.2 Å². The number of hydrogen-bond acceptors (Lipinski definition) is 20.